The molecular formula is C16H21N3O3S. The van der Waals surface area contributed by atoms with E-state index < -0.39 is 10.0 Å². The van der Waals surface area contributed by atoms with Crippen LogP contribution in [0.3, 0.4) is 0 Å². The van der Waals surface area contributed by atoms with E-state index in [0.29, 0.717) is 30.8 Å². The molecule has 2 atom stereocenters. The number of hydrogen-bond donors (Lipinski definition) is 0. The highest BCUT2D eigenvalue weighted by molar-refractivity contribution is 7.89. The van der Waals surface area contributed by atoms with Crippen molar-refractivity contribution in [2.45, 2.75) is 30.4 Å². The zero-order chi connectivity index (χ0) is 16.6. The fourth-order valence-corrected chi connectivity index (χ4v) is 5.26. The van der Waals surface area contributed by atoms with Crippen LogP contribution in [0.25, 0.3) is 0 Å². The highest BCUT2D eigenvalue weighted by atomic mass is 32.2. The zero-order valence-electron chi connectivity index (χ0n) is 13.4. The lowest BCUT2D eigenvalue weighted by molar-refractivity contribution is -0.0719. The van der Waals surface area contributed by atoms with Crippen molar-refractivity contribution in [1.29, 1.82) is 5.26 Å². The number of fused-ring (bicyclic) bond motifs is 1. The van der Waals surface area contributed by atoms with E-state index in [2.05, 4.69) is 4.90 Å². The lowest BCUT2D eigenvalue weighted by atomic mass is 10.0. The molecule has 0 radical (unpaired) electrons. The number of benzene rings is 1. The summed E-state index contributed by atoms with van der Waals surface area (Å²) in [7, 11) is -1.59. The molecule has 0 aliphatic carbocycles. The van der Waals surface area contributed by atoms with E-state index in [1.165, 1.54) is 0 Å². The van der Waals surface area contributed by atoms with Gasteiger partial charge in [-0.2, -0.15) is 9.57 Å². The van der Waals surface area contributed by atoms with Crippen molar-refractivity contribution < 1.29 is 13.2 Å². The van der Waals surface area contributed by atoms with Gasteiger partial charge in [0.1, 0.15) is 0 Å². The van der Waals surface area contributed by atoms with Crippen molar-refractivity contribution in [2.75, 3.05) is 33.3 Å². The minimum atomic E-state index is -3.59. The molecule has 2 aliphatic heterocycles. The lowest BCUT2D eigenvalue weighted by Gasteiger charge is -2.45. The quantitative estimate of drug-likeness (QED) is 0.805. The number of likely N-dealkylation sites (N-methyl/N-ethyl adjacent to an activating group) is 1. The number of aryl methyl sites for hydroxylation is 1. The molecule has 124 valence electrons. The van der Waals surface area contributed by atoms with Gasteiger partial charge in [0.2, 0.25) is 10.0 Å². The van der Waals surface area contributed by atoms with Crippen molar-refractivity contribution in [3.8, 4) is 6.07 Å². The van der Waals surface area contributed by atoms with Gasteiger partial charge in [-0.25, -0.2) is 8.42 Å². The van der Waals surface area contributed by atoms with Gasteiger partial charge >= 0.3 is 0 Å². The number of nitrogens with zero attached hydrogens (tertiary/aromatic N) is 3. The summed E-state index contributed by atoms with van der Waals surface area (Å²) >= 11 is 0. The predicted molar refractivity (Wildman–Crippen MR) is 85.4 cm³/mol. The Balaban J connectivity index is 1.96. The van der Waals surface area contributed by atoms with E-state index in [-0.39, 0.29) is 17.0 Å². The molecule has 6 nitrogen and oxygen atoms in total. The first kappa shape index (κ1) is 16.4. The van der Waals surface area contributed by atoms with E-state index in [1.807, 2.05) is 13.1 Å². The maximum atomic E-state index is 13.1. The molecule has 0 saturated carbocycles. The van der Waals surface area contributed by atoms with Gasteiger partial charge in [0.05, 0.1) is 35.3 Å². The molecule has 0 aromatic heterocycles. The third-order valence-electron chi connectivity index (χ3n) is 4.63. The minimum absolute atomic E-state index is 0.0339. The molecule has 23 heavy (non-hydrogen) atoms. The highest BCUT2D eigenvalue weighted by Crippen LogP contribution is 2.29. The van der Waals surface area contributed by atoms with Crippen LogP contribution in [0.2, 0.25) is 0 Å². The van der Waals surface area contributed by atoms with E-state index in [1.54, 1.807) is 29.4 Å². The monoisotopic (exact) mass is 335 g/mol. The van der Waals surface area contributed by atoms with Crippen molar-refractivity contribution in [2.24, 2.45) is 0 Å². The molecule has 0 amide bonds. The second-order valence-electron chi connectivity index (χ2n) is 6.24. The molecular weight excluding hydrogens is 314 g/mol. The first-order valence-corrected chi connectivity index (χ1v) is 9.20. The van der Waals surface area contributed by atoms with Crippen LogP contribution in [-0.4, -0.2) is 63.1 Å². The average Bonchev–Trinajstić information content (AvgIpc) is 2.53. The summed E-state index contributed by atoms with van der Waals surface area (Å²) in [4.78, 5) is 2.43. The van der Waals surface area contributed by atoms with Gasteiger partial charge in [-0.1, -0.05) is 0 Å². The topological polar surface area (TPSA) is 73.6 Å². The summed E-state index contributed by atoms with van der Waals surface area (Å²) in [6, 6.07) is 6.62. The number of nitriles is 1. The lowest BCUT2D eigenvalue weighted by Crippen LogP contribution is -2.60. The van der Waals surface area contributed by atoms with Gasteiger partial charge in [0.15, 0.2) is 0 Å². The molecule has 2 aliphatic rings. The number of ether oxygens (including phenoxy) is 1. The summed E-state index contributed by atoms with van der Waals surface area (Å²) in [5.41, 5.74) is 1.08. The maximum Gasteiger partial charge on any atom is 0.243 e. The molecule has 2 saturated heterocycles. The van der Waals surface area contributed by atoms with Gasteiger partial charge in [0, 0.05) is 19.6 Å². The SMILES string of the molecule is Cc1cc(C#N)ccc1S(=O)(=O)N1CCO[C@@H]2CCN(C)C[C@@H]21. The molecule has 7 heteroatoms. The van der Waals surface area contributed by atoms with Gasteiger partial charge in [0.25, 0.3) is 0 Å². The van der Waals surface area contributed by atoms with Crippen molar-refractivity contribution in [1.82, 2.24) is 9.21 Å². The molecule has 2 fully saturated rings. The van der Waals surface area contributed by atoms with Crippen molar-refractivity contribution in [3.05, 3.63) is 29.3 Å². The largest absolute Gasteiger partial charge is 0.375 e. The Morgan fingerprint density at radius 2 is 2.13 bits per heavy atom. The summed E-state index contributed by atoms with van der Waals surface area (Å²) in [6.07, 6.45) is 0.813. The zero-order valence-corrected chi connectivity index (χ0v) is 14.2. The van der Waals surface area contributed by atoms with Crippen LogP contribution in [0, 0.1) is 18.3 Å². The van der Waals surface area contributed by atoms with E-state index in [4.69, 9.17) is 10.00 Å². The summed E-state index contributed by atoms with van der Waals surface area (Å²) < 4.78 is 33.6. The molecule has 3 rings (SSSR count). The van der Waals surface area contributed by atoms with Crippen LogP contribution >= 0.6 is 0 Å². The van der Waals surface area contributed by atoms with E-state index >= 15 is 0 Å². The average molecular weight is 335 g/mol. The normalized spacial score (nSPS) is 26.5. The van der Waals surface area contributed by atoms with E-state index in [0.717, 1.165) is 13.0 Å². The van der Waals surface area contributed by atoms with Crippen LogP contribution in [0.1, 0.15) is 17.5 Å². The number of piperidine rings is 1. The Morgan fingerprint density at radius 3 is 2.83 bits per heavy atom. The summed E-state index contributed by atoms with van der Waals surface area (Å²) in [6.45, 7) is 4.14. The molecule has 0 spiro atoms. The van der Waals surface area contributed by atoms with Crippen LogP contribution in [0.5, 0.6) is 0 Å². The second-order valence-corrected chi connectivity index (χ2v) is 8.09. The molecule has 0 N–H and O–H groups in total. The third-order valence-corrected chi connectivity index (χ3v) is 6.71. The fourth-order valence-electron chi connectivity index (χ4n) is 3.43. The molecule has 2 heterocycles. The number of morpholine rings is 1. The number of likely N-dealkylation sites (tertiary alicyclic amines) is 1. The highest BCUT2D eigenvalue weighted by Gasteiger charge is 2.42. The van der Waals surface area contributed by atoms with Crippen molar-refractivity contribution >= 4 is 10.0 Å². The van der Waals surface area contributed by atoms with Crippen LogP contribution < -0.4 is 0 Å². The maximum absolute atomic E-state index is 13.1. The van der Waals surface area contributed by atoms with Crippen LogP contribution in [0.4, 0.5) is 0 Å². The number of sulfonamides is 1. The number of rotatable bonds is 2. The number of hydrogen-bond acceptors (Lipinski definition) is 5. The summed E-state index contributed by atoms with van der Waals surface area (Å²) in [5, 5.41) is 8.96. The van der Waals surface area contributed by atoms with Crippen molar-refractivity contribution in [3.63, 3.8) is 0 Å². The first-order chi connectivity index (χ1) is 10.9. The standard InChI is InChI=1S/C16H21N3O3S/c1-12-9-13(10-17)3-4-16(12)23(20,21)19-7-8-22-15-5-6-18(2)11-14(15)19/h3-4,9,14-15H,5-8,11H2,1-2H3/t14-,15+/m0/s1. The Bertz CT molecular complexity index is 741. The second kappa shape index (κ2) is 6.21. The molecule has 1 aromatic rings. The Hall–Kier alpha value is -1.46. The van der Waals surface area contributed by atoms with Gasteiger partial charge < -0.3 is 9.64 Å². The van der Waals surface area contributed by atoms with Crippen LogP contribution in [0.15, 0.2) is 23.1 Å². The Morgan fingerprint density at radius 1 is 1.35 bits per heavy atom. The van der Waals surface area contributed by atoms with Gasteiger partial charge in [-0.15, -0.1) is 0 Å². The van der Waals surface area contributed by atoms with E-state index in [9.17, 15) is 8.42 Å². The molecule has 0 unspecified atom stereocenters. The smallest absolute Gasteiger partial charge is 0.243 e. The molecule has 1 aromatic carbocycles. The Kier molecular flexibility index (Phi) is 4.43. The molecule has 0 bridgehead atoms. The minimum Gasteiger partial charge on any atom is -0.375 e. The van der Waals surface area contributed by atoms with Gasteiger partial charge in [-0.05, 0) is 44.2 Å². The Labute approximate surface area is 137 Å². The van der Waals surface area contributed by atoms with Crippen LogP contribution in [-0.2, 0) is 14.8 Å². The summed E-state index contributed by atoms with van der Waals surface area (Å²) in [5.74, 6) is 0. The van der Waals surface area contributed by atoms with Gasteiger partial charge in [-0.3, -0.25) is 0 Å². The predicted octanol–water partition coefficient (Wildman–Crippen LogP) is 0.960. The third kappa shape index (κ3) is 3.00. The fraction of sp³-hybridized carbons (Fsp3) is 0.562. The first-order valence-electron chi connectivity index (χ1n) is 7.76.